The lowest BCUT2D eigenvalue weighted by molar-refractivity contribution is -0.135. The smallest absolute Gasteiger partial charge is 0.323 e. The minimum atomic E-state index is -0.511. The summed E-state index contributed by atoms with van der Waals surface area (Å²) in [6, 6.07) is 26.1. The van der Waals surface area contributed by atoms with E-state index >= 15 is 0 Å². The minimum absolute atomic E-state index is 0.103. The van der Waals surface area contributed by atoms with Crippen molar-refractivity contribution < 1.29 is 14.3 Å². The number of benzene rings is 3. The van der Waals surface area contributed by atoms with Gasteiger partial charge in [0.1, 0.15) is 11.7 Å². The van der Waals surface area contributed by atoms with Crippen LogP contribution in [0.5, 0.6) is 5.75 Å². The Morgan fingerprint density at radius 1 is 0.742 bits per heavy atom. The zero-order valence-electron chi connectivity index (χ0n) is 17.6. The Labute approximate surface area is 183 Å². The van der Waals surface area contributed by atoms with Crippen LogP contribution in [0, 0.1) is 0 Å². The van der Waals surface area contributed by atoms with Gasteiger partial charge in [0.25, 0.3) is 0 Å². The highest BCUT2D eigenvalue weighted by molar-refractivity contribution is 5.97. The second-order valence-electron chi connectivity index (χ2n) is 7.96. The lowest BCUT2D eigenvalue weighted by Crippen LogP contribution is -2.34. The first-order valence-electron chi connectivity index (χ1n) is 10.9. The Hall–Kier alpha value is -3.24. The van der Waals surface area contributed by atoms with E-state index in [4.69, 9.17) is 4.74 Å². The molecular weight excluding hydrogens is 386 g/mol. The summed E-state index contributed by atoms with van der Waals surface area (Å²) in [5.41, 5.74) is 2.41. The first-order valence-corrected chi connectivity index (χ1v) is 10.9. The van der Waals surface area contributed by atoms with Crippen LogP contribution in [-0.4, -0.2) is 36.3 Å². The van der Waals surface area contributed by atoms with Gasteiger partial charge in [-0.1, -0.05) is 67.1 Å². The van der Waals surface area contributed by atoms with Gasteiger partial charge in [-0.2, -0.15) is 0 Å². The van der Waals surface area contributed by atoms with Gasteiger partial charge in [-0.15, -0.1) is 0 Å². The van der Waals surface area contributed by atoms with Crippen LogP contribution in [0.15, 0.2) is 84.9 Å². The summed E-state index contributed by atoms with van der Waals surface area (Å²) in [6.07, 6.45) is 3.57. The van der Waals surface area contributed by atoms with E-state index < -0.39 is 5.92 Å². The van der Waals surface area contributed by atoms with E-state index in [1.54, 1.807) is 24.3 Å². The molecule has 0 radical (unpaired) electrons. The van der Waals surface area contributed by atoms with Gasteiger partial charge in [0.2, 0.25) is 0 Å². The molecule has 0 unspecified atom stereocenters. The van der Waals surface area contributed by atoms with Crippen LogP contribution < -0.4 is 4.74 Å². The van der Waals surface area contributed by atoms with Gasteiger partial charge >= 0.3 is 5.97 Å². The van der Waals surface area contributed by atoms with Crippen molar-refractivity contribution in [2.75, 3.05) is 19.6 Å². The van der Waals surface area contributed by atoms with E-state index in [0.717, 1.165) is 37.1 Å². The predicted octanol–water partition coefficient (Wildman–Crippen LogP) is 5.09. The molecule has 0 saturated carbocycles. The number of carbonyl (C=O) groups is 2. The zero-order chi connectivity index (χ0) is 21.5. The molecule has 3 aromatic carbocycles. The molecule has 31 heavy (non-hydrogen) atoms. The van der Waals surface area contributed by atoms with Crippen LogP contribution in [0.1, 0.15) is 46.7 Å². The number of esters is 1. The molecule has 1 aliphatic heterocycles. The first-order chi connectivity index (χ1) is 15.2. The molecule has 0 N–H and O–H groups in total. The van der Waals surface area contributed by atoms with Crippen LogP contribution in [0.25, 0.3) is 0 Å². The molecule has 4 rings (SSSR count). The Kier molecular flexibility index (Phi) is 6.90. The van der Waals surface area contributed by atoms with Crippen LogP contribution >= 0.6 is 0 Å². The molecule has 1 aliphatic rings. The van der Waals surface area contributed by atoms with E-state index in [9.17, 15) is 9.59 Å². The van der Waals surface area contributed by atoms with E-state index in [2.05, 4.69) is 4.90 Å². The van der Waals surface area contributed by atoms with Gasteiger partial charge in [0.05, 0.1) is 6.54 Å². The van der Waals surface area contributed by atoms with Gasteiger partial charge in [-0.3, -0.25) is 14.5 Å². The maximum atomic E-state index is 13.1. The quantitative estimate of drug-likeness (QED) is 0.307. The van der Waals surface area contributed by atoms with Crippen molar-refractivity contribution >= 4 is 11.8 Å². The van der Waals surface area contributed by atoms with E-state index in [1.165, 1.54) is 6.42 Å². The fraction of sp³-hybridized carbons (Fsp3) is 0.259. The van der Waals surface area contributed by atoms with Gasteiger partial charge in [0.15, 0.2) is 5.78 Å². The summed E-state index contributed by atoms with van der Waals surface area (Å²) in [6.45, 7) is 2.42. The first kappa shape index (κ1) is 21.0. The van der Waals surface area contributed by atoms with Crippen molar-refractivity contribution in [1.29, 1.82) is 0 Å². The average Bonchev–Trinajstić information content (AvgIpc) is 2.82. The van der Waals surface area contributed by atoms with E-state index in [-0.39, 0.29) is 11.8 Å². The van der Waals surface area contributed by atoms with Gasteiger partial charge in [0, 0.05) is 5.56 Å². The molecule has 4 heteroatoms. The number of carbonyl (C=O) groups excluding carboxylic acids is 2. The summed E-state index contributed by atoms with van der Waals surface area (Å²) >= 11 is 0. The predicted molar refractivity (Wildman–Crippen MR) is 121 cm³/mol. The number of ether oxygens (including phenoxy) is 1. The maximum Gasteiger partial charge on any atom is 0.323 e. The molecular formula is C27H27NO3. The van der Waals surface area contributed by atoms with Crippen LogP contribution in [0.2, 0.25) is 0 Å². The molecule has 4 nitrogen and oxygen atoms in total. The number of Topliss-reactive ketones (excluding diaryl/α,β-unsaturated/α-hetero) is 1. The molecule has 0 bridgehead atoms. The average molecular weight is 414 g/mol. The van der Waals surface area contributed by atoms with Gasteiger partial charge < -0.3 is 4.74 Å². The standard InChI is InChI=1S/C27H27NO3/c29-25(20-28-18-8-3-9-19-28)21-14-16-24(17-15-21)31-27(30)26(22-10-4-1-5-11-22)23-12-6-2-7-13-23/h1-2,4-7,10-17,26H,3,8-9,18-20H2. The third kappa shape index (κ3) is 5.47. The molecule has 0 amide bonds. The summed E-state index contributed by atoms with van der Waals surface area (Å²) in [5, 5.41) is 0. The molecule has 0 aromatic heterocycles. The van der Waals surface area contributed by atoms with Crippen LogP contribution in [-0.2, 0) is 4.79 Å². The number of rotatable bonds is 7. The molecule has 0 spiro atoms. The topological polar surface area (TPSA) is 46.6 Å². The SMILES string of the molecule is O=C(CN1CCCCC1)c1ccc(OC(=O)C(c2ccccc2)c2ccccc2)cc1. The van der Waals surface area contributed by atoms with Crippen molar-refractivity contribution in [3.63, 3.8) is 0 Å². The molecule has 1 heterocycles. The van der Waals surface area contributed by atoms with E-state index in [0.29, 0.717) is 17.9 Å². The number of piperidine rings is 1. The van der Waals surface area contributed by atoms with Gasteiger partial charge in [-0.05, 0) is 61.3 Å². The normalized spacial score (nSPS) is 14.4. The summed E-state index contributed by atoms with van der Waals surface area (Å²) in [4.78, 5) is 27.9. The highest BCUT2D eigenvalue weighted by atomic mass is 16.5. The van der Waals surface area contributed by atoms with Crippen molar-refractivity contribution in [2.45, 2.75) is 25.2 Å². The molecule has 0 atom stereocenters. The second kappa shape index (κ2) is 10.2. The molecule has 1 saturated heterocycles. The van der Waals surface area contributed by atoms with Crippen LogP contribution in [0.4, 0.5) is 0 Å². The van der Waals surface area contributed by atoms with E-state index in [1.807, 2.05) is 60.7 Å². The third-order valence-corrected chi connectivity index (χ3v) is 5.71. The highest BCUT2D eigenvalue weighted by Crippen LogP contribution is 2.27. The van der Waals surface area contributed by atoms with Crippen molar-refractivity contribution in [3.8, 4) is 5.75 Å². The Bertz CT molecular complexity index is 954. The minimum Gasteiger partial charge on any atom is -0.426 e. The zero-order valence-corrected chi connectivity index (χ0v) is 17.6. The largest absolute Gasteiger partial charge is 0.426 e. The van der Waals surface area contributed by atoms with Crippen LogP contribution in [0.3, 0.4) is 0 Å². The monoisotopic (exact) mass is 413 g/mol. The second-order valence-corrected chi connectivity index (χ2v) is 7.96. The summed E-state index contributed by atoms with van der Waals surface area (Å²) < 4.78 is 5.71. The van der Waals surface area contributed by atoms with Crippen molar-refractivity contribution in [1.82, 2.24) is 4.90 Å². The fourth-order valence-electron chi connectivity index (χ4n) is 4.05. The highest BCUT2D eigenvalue weighted by Gasteiger charge is 2.25. The number of nitrogens with zero attached hydrogens (tertiary/aromatic N) is 1. The van der Waals surface area contributed by atoms with Crippen molar-refractivity contribution in [3.05, 3.63) is 102 Å². The third-order valence-electron chi connectivity index (χ3n) is 5.71. The van der Waals surface area contributed by atoms with Gasteiger partial charge in [-0.25, -0.2) is 0 Å². The number of ketones is 1. The summed E-state index contributed by atoms with van der Waals surface area (Å²) in [7, 11) is 0. The summed E-state index contributed by atoms with van der Waals surface area (Å²) in [5.74, 6) is -0.310. The Morgan fingerprint density at radius 3 is 1.84 bits per heavy atom. The lowest BCUT2D eigenvalue weighted by Gasteiger charge is -2.25. The molecule has 1 fully saturated rings. The van der Waals surface area contributed by atoms with Crippen molar-refractivity contribution in [2.24, 2.45) is 0 Å². The Morgan fingerprint density at radius 2 is 1.29 bits per heavy atom. The Balaban J connectivity index is 1.46. The maximum absolute atomic E-state index is 13.1. The number of likely N-dealkylation sites (tertiary alicyclic amines) is 1. The fourth-order valence-corrected chi connectivity index (χ4v) is 4.05. The number of hydrogen-bond donors (Lipinski definition) is 0. The molecule has 0 aliphatic carbocycles. The molecule has 158 valence electrons. The molecule has 3 aromatic rings. The lowest BCUT2D eigenvalue weighted by atomic mass is 9.91. The number of hydrogen-bond acceptors (Lipinski definition) is 4.